The van der Waals surface area contributed by atoms with Crippen molar-refractivity contribution < 1.29 is 18.0 Å². The van der Waals surface area contributed by atoms with E-state index in [4.69, 9.17) is 0 Å². The third-order valence-electron chi connectivity index (χ3n) is 5.77. The van der Waals surface area contributed by atoms with Gasteiger partial charge in [0.1, 0.15) is 5.82 Å². The first kappa shape index (κ1) is 18.5. The molecule has 1 atom stereocenters. The Morgan fingerprint density at radius 2 is 1.81 bits per heavy atom. The molecule has 1 aliphatic carbocycles. The van der Waals surface area contributed by atoms with Crippen LogP contribution in [0.3, 0.4) is 0 Å². The Kier molecular flexibility index (Phi) is 4.73. The van der Waals surface area contributed by atoms with Crippen molar-refractivity contribution in [1.82, 2.24) is 14.7 Å². The molecule has 8 nitrogen and oxygen atoms in total. The largest absolute Gasteiger partial charge is 0.342 e. The highest BCUT2D eigenvalue weighted by molar-refractivity contribution is 7.91. The lowest BCUT2D eigenvalue weighted by Crippen LogP contribution is -2.42. The number of piperidine rings is 1. The number of hydrogen-bond donors (Lipinski definition) is 1. The molecule has 1 aromatic rings. The number of likely N-dealkylation sites (tertiary alicyclic amines) is 1. The SMILES string of the molecule is Cc1cc(NC(=O)C2CCN(C(=O)C3CC3)CC2)n([C@@H]2CCS(=O)(=O)C2)n1. The topological polar surface area (TPSA) is 101 Å². The van der Waals surface area contributed by atoms with Gasteiger partial charge in [-0.3, -0.25) is 9.59 Å². The van der Waals surface area contributed by atoms with E-state index in [0.29, 0.717) is 38.2 Å². The molecule has 0 spiro atoms. The first-order chi connectivity index (χ1) is 12.8. The second kappa shape index (κ2) is 6.92. The van der Waals surface area contributed by atoms with E-state index in [0.717, 1.165) is 18.5 Å². The number of amides is 2. The summed E-state index contributed by atoms with van der Waals surface area (Å²) < 4.78 is 25.2. The summed E-state index contributed by atoms with van der Waals surface area (Å²) in [4.78, 5) is 26.7. The van der Waals surface area contributed by atoms with Gasteiger partial charge in [-0.05, 0) is 39.0 Å². The summed E-state index contributed by atoms with van der Waals surface area (Å²) in [5.74, 6) is 1.05. The highest BCUT2D eigenvalue weighted by Crippen LogP contribution is 2.33. The molecule has 0 aromatic carbocycles. The van der Waals surface area contributed by atoms with Crippen LogP contribution >= 0.6 is 0 Å². The van der Waals surface area contributed by atoms with Crippen LogP contribution in [0.25, 0.3) is 0 Å². The second-order valence-electron chi connectivity index (χ2n) is 8.04. The molecule has 148 valence electrons. The molecular weight excluding hydrogens is 368 g/mol. The van der Waals surface area contributed by atoms with Crippen molar-refractivity contribution in [2.24, 2.45) is 11.8 Å². The molecule has 2 amide bonds. The summed E-state index contributed by atoms with van der Waals surface area (Å²) in [6, 6.07) is 1.56. The van der Waals surface area contributed by atoms with Gasteiger partial charge in [-0.25, -0.2) is 13.1 Å². The Balaban J connectivity index is 1.38. The number of nitrogens with one attached hydrogen (secondary N) is 1. The van der Waals surface area contributed by atoms with Crippen molar-refractivity contribution >= 4 is 27.5 Å². The zero-order valence-electron chi connectivity index (χ0n) is 15.6. The van der Waals surface area contributed by atoms with Crippen LogP contribution in [0, 0.1) is 18.8 Å². The fourth-order valence-electron chi connectivity index (χ4n) is 4.04. The first-order valence-electron chi connectivity index (χ1n) is 9.68. The van der Waals surface area contributed by atoms with Gasteiger partial charge in [0.15, 0.2) is 9.84 Å². The summed E-state index contributed by atoms with van der Waals surface area (Å²) in [6.45, 7) is 3.09. The van der Waals surface area contributed by atoms with Gasteiger partial charge < -0.3 is 10.2 Å². The molecular formula is C18H26N4O4S. The fourth-order valence-corrected chi connectivity index (χ4v) is 5.73. The number of aromatic nitrogens is 2. The lowest BCUT2D eigenvalue weighted by molar-refractivity contribution is -0.135. The van der Waals surface area contributed by atoms with E-state index in [9.17, 15) is 18.0 Å². The third kappa shape index (κ3) is 4.02. The fraction of sp³-hybridized carbons (Fsp3) is 0.722. The average molecular weight is 394 g/mol. The Labute approximate surface area is 159 Å². The highest BCUT2D eigenvalue weighted by atomic mass is 32.2. The summed E-state index contributed by atoms with van der Waals surface area (Å²) >= 11 is 0. The van der Waals surface area contributed by atoms with Crippen molar-refractivity contribution in [1.29, 1.82) is 0 Å². The van der Waals surface area contributed by atoms with Gasteiger partial charge in [0.05, 0.1) is 23.2 Å². The molecule has 0 radical (unpaired) electrons. The van der Waals surface area contributed by atoms with Crippen LogP contribution in [0.1, 0.15) is 43.8 Å². The van der Waals surface area contributed by atoms with Gasteiger partial charge in [-0.2, -0.15) is 5.10 Å². The van der Waals surface area contributed by atoms with Crippen LogP contribution in [0.15, 0.2) is 6.07 Å². The molecule has 3 aliphatic rings. The number of rotatable bonds is 4. The molecule has 2 aliphatic heterocycles. The highest BCUT2D eigenvalue weighted by Gasteiger charge is 2.36. The molecule has 3 heterocycles. The maximum absolute atomic E-state index is 12.7. The van der Waals surface area contributed by atoms with Gasteiger partial charge >= 0.3 is 0 Å². The minimum Gasteiger partial charge on any atom is -0.342 e. The van der Waals surface area contributed by atoms with Crippen LogP contribution in [-0.2, 0) is 19.4 Å². The number of anilines is 1. The Hall–Kier alpha value is -1.90. The number of hydrogen-bond acceptors (Lipinski definition) is 5. The van der Waals surface area contributed by atoms with E-state index in [2.05, 4.69) is 10.4 Å². The standard InChI is InChI=1S/C18H26N4O4S/c1-12-10-16(22(20-12)15-6-9-27(25,26)11-15)19-17(23)13-4-7-21(8-5-13)18(24)14-2-3-14/h10,13-15H,2-9,11H2,1H3,(H,19,23)/t15-/m1/s1. The summed E-state index contributed by atoms with van der Waals surface area (Å²) in [6.07, 6.45) is 3.84. The van der Waals surface area contributed by atoms with Crippen molar-refractivity contribution in [3.63, 3.8) is 0 Å². The maximum atomic E-state index is 12.7. The van der Waals surface area contributed by atoms with Crippen LogP contribution < -0.4 is 5.32 Å². The smallest absolute Gasteiger partial charge is 0.228 e. The molecule has 0 unspecified atom stereocenters. The molecule has 27 heavy (non-hydrogen) atoms. The van der Waals surface area contributed by atoms with Crippen LogP contribution in [0.4, 0.5) is 5.82 Å². The zero-order chi connectivity index (χ0) is 19.2. The van der Waals surface area contributed by atoms with Gasteiger partial charge in [0, 0.05) is 31.0 Å². The molecule has 9 heteroatoms. The molecule has 2 saturated heterocycles. The van der Waals surface area contributed by atoms with Gasteiger partial charge in [-0.15, -0.1) is 0 Å². The van der Waals surface area contributed by atoms with E-state index in [1.165, 1.54) is 0 Å². The van der Waals surface area contributed by atoms with Gasteiger partial charge in [0.25, 0.3) is 0 Å². The second-order valence-corrected chi connectivity index (χ2v) is 10.3. The maximum Gasteiger partial charge on any atom is 0.228 e. The molecule has 1 N–H and O–H groups in total. The first-order valence-corrected chi connectivity index (χ1v) is 11.5. The molecule has 0 bridgehead atoms. The van der Waals surface area contributed by atoms with Crippen molar-refractivity contribution in [2.75, 3.05) is 29.9 Å². The Bertz CT molecular complexity index is 851. The van der Waals surface area contributed by atoms with E-state index < -0.39 is 9.84 Å². The lowest BCUT2D eigenvalue weighted by atomic mass is 9.95. The average Bonchev–Trinajstić information content (AvgIpc) is 3.33. The molecule has 4 rings (SSSR count). The number of carbonyl (C=O) groups excluding carboxylic acids is 2. The Morgan fingerprint density at radius 3 is 2.41 bits per heavy atom. The number of sulfone groups is 1. The van der Waals surface area contributed by atoms with E-state index in [-0.39, 0.29) is 41.2 Å². The number of aryl methyl sites for hydroxylation is 1. The molecule has 3 fully saturated rings. The van der Waals surface area contributed by atoms with Crippen molar-refractivity contribution in [3.8, 4) is 0 Å². The van der Waals surface area contributed by atoms with E-state index in [1.807, 2.05) is 11.8 Å². The quantitative estimate of drug-likeness (QED) is 0.825. The van der Waals surface area contributed by atoms with Crippen LogP contribution in [0.5, 0.6) is 0 Å². The zero-order valence-corrected chi connectivity index (χ0v) is 16.4. The predicted molar refractivity (Wildman–Crippen MR) is 99.9 cm³/mol. The van der Waals surface area contributed by atoms with E-state index >= 15 is 0 Å². The van der Waals surface area contributed by atoms with Crippen molar-refractivity contribution in [2.45, 2.75) is 45.1 Å². The van der Waals surface area contributed by atoms with Crippen LogP contribution in [-0.4, -0.2) is 59.5 Å². The van der Waals surface area contributed by atoms with Gasteiger partial charge in [0.2, 0.25) is 11.8 Å². The minimum atomic E-state index is -3.03. The van der Waals surface area contributed by atoms with Gasteiger partial charge in [-0.1, -0.05) is 0 Å². The van der Waals surface area contributed by atoms with Crippen molar-refractivity contribution in [3.05, 3.63) is 11.8 Å². The number of nitrogens with zero attached hydrogens (tertiary/aromatic N) is 3. The summed E-state index contributed by atoms with van der Waals surface area (Å²) in [7, 11) is -3.03. The normalized spacial score (nSPS) is 25.5. The molecule has 1 saturated carbocycles. The molecule has 1 aromatic heterocycles. The lowest BCUT2D eigenvalue weighted by Gasteiger charge is -2.31. The van der Waals surface area contributed by atoms with Crippen LogP contribution in [0.2, 0.25) is 0 Å². The Morgan fingerprint density at radius 1 is 1.11 bits per heavy atom. The third-order valence-corrected chi connectivity index (χ3v) is 7.52. The summed E-state index contributed by atoms with van der Waals surface area (Å²) in [5.41, 5.74) is 0.749. The number of carbonyl (C=O) groups is 2. The minimum absolute atomic E-state index is 0.0681. The predicted octanol–water partition coefficient (Wildman–Crippen LogP) is 1.14. The van der Waals surface area contributed by atoms with E-state index in [1.54, 1.807) is 10.7 Å². The summed E-state index contributed by atoms with van der Waals surface area (Å²) in [5, 5.41) is 7.35. The monoisotopic (exact) mass is 394 g/mol.